The monoisotopic (exact) mass is 2250 g/mol. The minimum absolute atomic E-state index is 0.288. The Hall–Kier alpha value is -11.0. The number of thiophene rings is 5. The van der Waals surface area contributed by atoms with E-state index in [1.54, 1.807) is 98.6 Å². The summed E-state index contributed by atoms with van der Waals surface area (Å²) in [6, 6.07) is 11.8. The minimum atomic E-state index is -1.27. The van der Waals surface area contributed by atoms with E-state index in [9.17, 15) is 21.0 Å². The van der Waals surface area contributed by atoms with Crippen LogP contribution in [0.1, 0.15) is 146 Å². The van der Waals surface area contributed by atoms with Gasteiger partial charge in [-0.2, -0.15) is 0 Å². The third-order valence-corrected chi connectivity index (χ3v) is 42.8. The smallest absolute Gasteiger partial charge is 0.185 e. The molecule has 2 aliphatic rings. The van der Waals surface area contributed by atoms with Gasteiger partial charge in [0.15, 0.2) is 5.76 Å². The van der Waals surface area contributed by atoms with E-state index in [-0.39, 0.29) is 5.92 Å². The maximum Gasteiger partial charge on any atom is 0.185 e. The molecule has 20 heterocycles. The van der Waals surface area contributed by atoms with Gasteiger partial charge in [-0.1, -0.05) is 59.5 Å². The van der Waals surface area contributed by atoms with Crippen molar-refractivity contribution < 1.29 is 39.8 Å². The summed E-state index contributed by atoms with van der Waals surface area (Å²) in [5.41, 5.74) is 48.7. The van der Waals surface area contributed by atoms with E-state index >= 15 is 0 Å². The molecule has 774 valence electrons. The minimum Gasteiger partial charge on any atom is -0.396 e. The molecule has 2 fully saturated rings. The highest BCUT2D eigenvalue weighted by atomic mass is 32.2. The first kappa shape index (κ1) is 107. The fourth-order valence-corrected chi connectivity index (χ4v) is 32.8. The third-order valence-electron chi connectivity index (χ3n) is 25.1. The molecule has 0 saturated heterocycles. The number of nitrogens with two attached hydrogens (primary N) is 5. The Morgan fingerprint density at radius 3 is 0.899 bits per heavy atom. The van der Waals surface area contributed by atoms with Gasteiger partial charge in [-0.05, 0) is 75.8 Å². The van der Waals surface area contributed by atoms with Crippen molar-refractivity contribution in [3.63, 3.8) is 0 Å². The topological polar surface area (TPSA) is 474 Å². The van der Waals surface area contributed by atoms with Crippen molar-refractivity contribution in [1.82, 2.24) is 97.8 Å². The van der Waals surface area contributed by atoms with Gasteiger partial charge in [0, 0.05) is 199 Å². The number of methoxy groups -OCH3 is 3. The molecule has 22 rings (SSSR count). The van der Waals surface area contributed by atoms with Crippen LogP contribution in [0.3, 0.4) is 0 Å². The fourth-order valence-electron chi connectivity index (χ4n) is 17.1. The molecule has 5 unspecified atom stereocenters. The first-order valence-corrected chi connectivity index (χ1v) is 61.8. The van der Waals surface area contributed by atoms with Crippen molar-refractivity contribution >= 4 is 236 Å². The fraction of sp³-hybridized carbons (Fsp3) is 0.350. The number of pyridine rings is 5. The van der Waals surface area contributed by atoms with Gasteiger partial charge in [-0.3, -0.25) is 21.0 Å². The summed E-state index contributed by atoms with van der Waals surface area (Å²) in [5.74, 6) is 9.74. The van der Waals surface area contributed by atoms with Crippen molar-refractivity contribution in [2.75, 3.05) is 98.6 Å². The van der Waals surface area contributed by atoms with Crippen molar-refractivity contribution in [1.29, 1.82) is 0 Å². The summed E-state index contributed by atoms with van der Waals surface area (Å²) >= 11 is 13.2. The Morgan fingerprint density at radius 2 is 0.649 bits per heavy atom. The second-order valence-corrected chi connectivity index (χ2v) is 53.1. The molecule has 20 aromatic heterocycles. The van der Waals surface area contributed by atoms with Crippen LogP contribution in [0, 0.1) is 6.92 Å². The second-order valence-electron chi connectivity index (χ2n) is 35.7. The van der Waals surface area contributed by atoms with Gasteiger partial charge in [-0.15, -0.1) is 102 Å². The Kier molecular flexibility index (Phi) is 33.8. The number of imidazole rings is 5. The van der Waals surface area contributed by atoms with Gasteiger partial charge in [0.2, 0.25) is 0 Å². The Labute approximate surface area is 902 Å². The predicted octanol–water partition coefficient (Wildman–Crippen LogP) is 21.9. The lowest BCUT2D eigenvalue weighted by Crippen LogP contribution is -2.05. The average Bonchev–Trinajstić information content (AvgIpc) is 1.63. The molecular formula is C100H111N25O9S14. The van der Waals surface area contributed by atoms with Gasteiger partial charge < -0.3 is 70.2 Å². The molecule has 5 atom stereocenters. The predicted molar refractivity (Wildman–Crippen MR) is 610 cm³/mol. The Balaban J connectivity index is 0.000000121. The molecule has 0 radical (unpaired) electrons. The lowest BCUT2D eigenvalue weighted by atomic mass is 10.1. The maximum absolute atomic E-state index is 12.9. The number of hydrogen-bond acceptors (Lipinski definition) is 38. The third kappa shape index (κ3) is 22.1. The zero-order valence-corrected chi connectivity index (χ0v) is 95.3. The van der Waals surface area contributed by atoms with Crippen molar-refractivity contribution in [2.45, 2.75) is 145 Å². The first-order chi connectivity index (χ1) is 71.5. The molecule has 20 aromatic rings. The number of ether oxygens (including phenoxy) is 3. The SMILES string of the molecule is CCCCS(=O)c1sc2nc(-c3nccs3)cc(-c3cnc(C(C)C)n3C)c2c1N.CCCCS(=O)c1sc2nc(-c3nccs3)cc(-c3cnc(C4CC4)n3C)c2c1N.COCCS(=O)c1sc2nc(-c3ccno3)cc(-c3cnc(C)n3C)c2c1N.COCCS(=O)c1sc2nc(-c3nccs3)cc(-c3cnc(C(C)C)n3C)c2c1N.COCCS(=O)c1sc2nc(-c3nccs3)cc(-c3cnc(C4CC4)n3C)c2c1N. The standard InChI is InChI=1S/C21H23N5OS3.C21H25N5OS3.C20H21N5O2S3.C20H23N5O2S3.C18H19N5O3S2/c1-3-4-9-30(27)21-17(22)16-13(15-11-24-18(26(15)2)12-5-6-12)10-14(25-20(16)29-21)19-23-7-8-28-19;1-5-6-9-30(27)21-17(22)16-13(15-11-24-18(12(2)3)26(15)4)10-14(25-20(16)29-21)19-23-7-8-28-19;1-25-14(10-23-17(25)11-3-4-11)12-9-13(18-22-5-7-28-18)24-19-15(12)16(21)20(29-19)30(26)8-6-27-2;1-11(2)17-23-10-14(25(17)3)12-9-13(18-22-5-7-28-18)24-19-15(12)16(21)20(29-19)30(26)8-6-27-4;1-10-20-9-13(23(10)2)11-8-12(14-4-5-21-26-14)22-17-15(11)16(19)18(27-17)28(24)7-6-25-3/h7-8,10-12H,3-6,9,22H2,1-2H3;7-8,10-12H,5-6,9,22H2,1-4H3;5,7,9-11H,3-4,6,8,21H2,1-2H3;5,7,9-11H,6,8,21H2,1-4H3;4-5,8-9H,6-7,19H2,1-3H3. The van der Waals surface area contributed by atoms with Crippen molar-refractivity contribution in [2.24, 2.45) is 35.2 Å². The molecule has 0 aliphatic heterocycles. The van der Waals surface area contributed by atoms with Crippen LogP contribution < -0.4 is 28.7 Å². The first-order valence-electron chi connectivity index (χ1n) is 47.6. The van der Waals surface area contributed by atoms with Crippen LogP contribution in [0.4, 0.5) is 28.4 Å². The van der Waals surface area contributed by atoms with E-state index in [2.05, 4.69) is 118 Å². The van der Waals surface area contributed by atoms with E-state index in [0.29, 0.717) is 124 Å². The van der Waals surface area contributed by atoms with Crippen molar-refractivity contribution in [3.05, 3.63) is 149 Å². The lowest BCUT2D eigenvalue weighted by molar-refractivity contribution is 0.218. The van der Waals surface area contributed by atoms with Crippen LogP contribution in [-0.2, 0) is 103 Å². The summed E-state index contributed by atoms with van der Waals surface area (Å²) in [5, 5.41) is 19.1. The van der Waals surface area contributed by atoms with E-state index in [1.165, 1.54) is 93.7 Å². The molecule has 0 amide bonds. The van der Waals surface area contributed by atoms with Crippen LogP contribution in [0.5, 0.6) is 0 Å². The van der Waals surface area contributed by atoms with E-state index in [1.807, 2.05) is 110 Å². The van der Waals surface area contributed by atoms with Crippen LogP contribution in [0.2, 0.25) is 0 Å². The number of anilines is 5. The molecule has 0 spiro atoms. The molecule has 2 aliphatic carbocycles. The number of aromatic nitrogens is 20. The largest absolute Gasteiger partial charge is 0.396 e. The Bertz CT molecular complexity index is 7530. The van der Waals surface area contributed by atoms with Gasteiger partial charge in [0.25, 0.3) is 0 Å². The summed E-state index contributed by atoms with van der Waals surface area (Å²) in [6.07, 6.45) is 26.7. The highest BCUT2D eigenvalue weighted by Gasteiger charge is 2.35. The number of fused-ring (bicyclic) bond motifs is 5. The van der Waals surface area contributed by atoms with Crippen LogP contribution >= 0.6 is 102 Å². The van der Waals surface area contributed by atoms with E-state index in [4.69, 9.17) is 77.3 Å². The molecule has 0 aromatic carbocycles. The number of nitrogen functional groups attached to an aromatic ring is 5. The molecule has 2 saturated carbocycles. The molecule has 34 nitrogen and oxygen atoms in total. The summed E-state index contributed by atoms with van der Waals surface area (Å²) < 4.78 is 98.5. The zero-order valence-electron chi connectivity index (χ0n) is 83.9. The summed E-state index contributed by atoms with van der Waals surface area (Å²) in [6.45, 7) is 15.8. The molecule has 0 bridgehead atoms. The van der Waals surface area contributed by atoms with Gasteiger partial charge in [0.1, 0.15) is 123 Å². The maximum atomic E-state index is 12.9. The number of nitrogens with zero attached hydrogens (tertiary/aromatic N) is 20. The number of aryl methyl sites for hydroxylation is 1. The number of hydrogen-bond donors (Lipinski definition) is 5. The number of thiazole rings is 4. The van der Waals surface area contributed by atoms with Crippen LogP contribution in [0.15, 0.2) is 145 Å². The molecule has 148 heavy (non-hydrogen) atoms. The molecule has 48 heteroatoms. The highest BCUT2D eigenvalue weighted by molar-refractivity contribution is 7.89. The lowest BCUT2D eigenvalue weighted by Gasteiger charge is -2.11. The van der Waals surface area contributed by atoms with Crippen molar-refractivity contribution in [3.8, 4) is 111 Å². The number of rotatable bonds is 34. The highest BCUT2D eigenvalue weighted by Crippen LogP contribution is 2.52. The van der Waals surface area contributed by atoms with E-state index in [0.717, 1.165) is 209 Å². The number of unbranched alkanes of at least 4 members (excludes halogenated alkanes) is 2. The molecular weight excluding hydrogens is 2140 g/mol. The van der Waals surface area contributed by atoms with E-state index < -0.39 is 54.0 Å². The average molecular weight is 2260 g/mol. The Morgan fingerprint density at radius 1 is 0.372 bits per heavy atom. The normalized spacial score (nSPS) is 13.7. The zero-order chi connectivity index (χ0) is 104. The quantitative estimate of drug-likeness (QED) is 0.0250. The summed E-state index contributed by atoms with van der Waals surface area (Å²) in [7, 11) is 8.87. The second kappa shape index (κ2) is 46.8. The van der Waals surface area contributed by atoms with Crippen LogP contribution in [-0.4, -0.2) is 189 Å². The molecule has 10 N–H and O–H groups in total. The van der Waals surface area contributed by atoms with Gasteiger partial charge >= 0.3 is 0 Å². The van der Waals surface area contributed by atoms with Gasteiger partial charge in [-0.25, -0.2) is 69.8 Å². The van der Waals surface area contributed by atoms with Gasteiger partial charge in [0.05, 0.1) is 185 Å². The summed E-state index contributed by atoms with van der Waals surface area (Å²) in [4.78, 5) is 68.6. The van der Waals surface area contributed by atoms with Crippen LogP contribution in [0.25, 0.3) is 162 Å².